The van der Waals surface area contributed by atoms with E-state index < -0.39 is 0 Å². The molecule has 0 N–H and O–H groups in total. The van der Waals surface area contributed by atoms with Crippen molar-refractivity contribution in [3.63, 3.8) is 0 Å². The van der Waals surface area contributed by atoms with Crippen molar-refractivity contribution >= 4 is 31.9 Å². The number of nitrogens with zero attached hydrogens (tertiary/aromatic N) is 2. The van der Waals surface area contributed by atoms with E-state index in [1.165, 1.54) is 64.8 Å². The molecule has 1 heterocycles. The van der Waals surface area contributed by atoms with E-state index in [9.17, 15) is 0 Å². The summed E-state index contributed by atoms with van der Waals surface area (Å²) in [5, 5.41) is 0. The second-order valence-corrected chi connectivity index (χ2v) is 12.7. The molecule has 5 aromatic rings. The molecule has 13 rings (SSSR count). The molecule has 0 radical (unpaired) electrons. The van der Waals surface area contributed by atoms with Crippen LogP contribution in [0.5, 0.6) is 0 Å². The molecule has 194 valence electrons. The van der Waals surface area contributed by atoms with E-state index in [0.29, 0.717) is 0 Å². The Morgan fingerprint density at radius 1 is 0.513 bits per heavy atom. The van der Waals surface area contributed by atoms with Gasteiger partial charge in [-0.2, -0.15) is 0 Å². The maximum atomic E-state index is 3.80. The van der Waals surface area contributed by atoms with E-state index >= 15 is 0 Å². The smallest absolute Gasteiger partial charge is 0.202 e. The Bertz CT molecular complexity index is 1570. The van der Waals surface area contributed by atoms with Crippen LogP contribution in [0.3, 0.4) is 0 Å². The van der Waals surface area contributed by atoms with Crippen LogP contribution < -0.4 is 4.57 Å². The minimum atomic E-state index is 1.02. The summed E-state index contributed by atoms with van der Waals surface area (Å²) in [6.07, 6.45) is 15.0. The summed E-state index contributed by atoms with van der Waals surface area (Å²) < 4.78 is 7.15. The van der Waals surface area contributed by atoms with Gasteiger partial charge < -0.3 is 0 Å². The lowest BCUT2D eigenvalue weighted by Gasteiger charge is -2.14. The zero-order valence-corrected chi connectivity index (χ0v) is 25.1. The minimum Gasteiger partial charge on any atom is -0.202 e. The number of rotatable bonds is 2. The van der Waals surface area contributed by atoms with E-state index in [-0.39, 0.29) is 0 Å². The Balaban J connectivity index is 1.24. The first-order chi connectivity index (χ1) is 19.1. The van der Waals surface area contributed by atoms with E-state index in [4.69, 9.17) is 0 Å². The molecule has 8 aliphatic rings. The SMILES string of the molecule is Brc1cc2ccc1CCc1ccc(c(-n3cc[n+](-c4cc5ccc4CCc4ccc(c(Br)c4)CC5)c3)c1)CC2. The molecule has 4 aromatic carbocycles. The van der Waals surface area contributed by atoms with Gasteiger partial charge in [0.15, 0.2) is 0 Å². The second-order valence-electron chi connectivity index (χ2n) is 11.0. The highest BCUT2D eigenvalue weighted by atomic mass is 79.9. The van der Waals surface area contributed by atoms with Crippen molar-refractivity contribution < 1.29 is 4.57 Å². The van der Waals surface area contributed by atoms with Gasteiger partial charge in [-0.15, -0.1) is 0 Å². The molecular weight excluding hydrogens is 608 g/mol. The Kier molecular flexibility index (Phi) is 6.78. The molecule has 4 heteroatoms. The molecule has 8 bridgehead atoms. The van der Waals surface area contributed by atoms with Gasteiger partial charge in [0.2, 0.25) is 0 Å². The molecule has 1 aromatic heterocycles. The van der Waals surface area contributed by atoms with Gasteiger partial charge in [0.1, 0.15) is 23.8 Å². The minimum absolute atomic E-state index is 1.02. The monoisotopic (exact) mass is 637 g/mol. The van der Waals surface area contributed by atoms with Crippen LogP contribution in [-0.2, 0) is 51.4 Å². The first kappa shape index (κ1) is 25.0. The molecule has 0 saturated carbocycles. The van der Waals surface area contributed by atoms with Crippen molar-refractivity contribution in [2.24, 2.45) is 0 Å². The largest absolute Gasteiger partial charge is 0.254 e. The molecule has 0 unspecified atom stereocenters. The average molecular weight is 639 g/mol. The van der Waals surface area contributed by atoms with Crippen molar-refractivity contribution in [2.75, 3.05) is 0 Å². The zero-order valence-electron chi connectivity index (χ0n) is 22.0. The Hall–Kier alpha value is -2.95. The number of benzene rings is 4. The molecule has 0 aliphatic heterocycles. The average Bonchev–Trinajstić information content (AvgIpc) is 3.42. The second kappa shape index (κ2) is 10.6. The van der Waals surface area contributed by atoms with Crippen molar-refractivity contribution in [1.29, 1.82) is 0 Å². The van der Waals surface area contributed by atoms with Crippen molar-refractivity contribution in [1.82, 2.24) is 4.57 Å². The van der Waals surface area contributed by atoms with E-state index in [0.717, 1.165) is 51.4 Å². The predicted octanol–water partition coefficient (Wildman–Crippen LogP) is 8.05. The van der Waals surface area contributed by atoms with E-state index in [2.05, 4.69) is 133 Å². The number of hydrogen-bond donors (Lipinski definition) is 0. The molecule has 8 aliphatic carbocycles. The molecule has 0 atom stereocenters. The topological polar surface area (TPSA) is 8.81 Å². The lowest BCUT2D eigenvalue weighted by molar-refractivity contribution is -0.595. The number of imidazole rings is 1. The Morgan fingerprint density at radius 2 is 1.00 bits per heavy atom. The molecule has 0 fully saturated rings. The standard InChI is InChI=1S/C35H31Br2N2/c36-32-19-24-1-9-28(32)11-3-26-7-15-30(13-5-24)34(21-26)38-17-18-39(23-38)35-22-27-4-12-29-10-2-25(20-33(29)37)6-14-31(35)16-8-27/h1-2,7-10,15-23H,3-6,11-14H2/q+1. The third kappa shape index (κ3) is 5.17. The van der Waals surface area contributed by atoms with Crippen LogP contribution in [-0.4, -0.2) is 4.57 Å². The van der Waals surface area contributed by atoms with Crippen LogP contribution in [0.4, 0.5) is 0 Å². The van der Waals surface area contributed by atoms with E-state index in [1.54, 1.807) is 0 Å². The number of halogens is 2. The van der Waals surface area contributed by atoms with E-state index in [1.807, 2.05) is 0 Å². The highest BCUT2D eigenvalue weighted by Crippen LogP contribution is 2.27. The Morgan fingerprint density at radius 3 is 1.62 bits per heavy atom. The van der Waals surface area contributed by atoms with Crippen LogP contribution in [0.15, 0.2) is 100 Å². The van der Waals surface area contributed by atoms with Crippen molar-refractivity contribution in [2.45, 2.75) is 51.4 Å². The lowest BCUT2D eigenvalue weighted by atomic mass is 9.95. The van der Waals surface area contributed by atoms with Crippen LogP contribution in [0.2, 0.25) is 0 Å². The van der Waals surface area contributed by atoms with Gasteiger partial charge in [0, 0.05) is 8.95 Å². The predicted molar refractivity (Wildman–Crippen MR) is 165 cm³/mol. The molecular formula is C35H31Br2N2+. The van der Waals surface area contributed by atoms with Crippen LogP contribution in [0.1, 0.15) is 44.5 Å². The number of hydrogen-bond acceptors (Lipinski definition) is 0. The quantitative estimate of drug-likeness (QED) is 0.173. The lowest BCUT2D eigenvalue weighted by Crippen LogP contribution is -2.30. The Labute approximate surface area is 247 Å². The molecule has 0 spiro atoms. The highest BCUT2D eigenvalue weighted by Gasteiger charge is 2.18. The van der Waals surface area contributed by atoms with Gasteiger partial charge in [0.25, 0.3) is 6.33 Å². The summed E-state index contributed by atoms with van der Waals surface area (Å²) in [6, 6.07) is 28.0. The zero-order chi connectivity index (χ0) is 26.3. The van der Waals surface area contributed by atoms with Gasteiger partial charge in [-0.3, -0.25) is 0 Å². The summed E-state index contributed by atoms with van der Waals surface area (Å²) in [5.74, 6) is 0. The van der Waals surface area contributed by atoms with Gasteiger partial charge in [0.05, 0.1) is 0 Å². The molecule has 0 amide bonds. The summed E-state index contributed by atoms with van der Waals surface area (Å²) in [4.78, 5) is 0. The van der Waals surface area contributed by atoms with Crippen molar-refractivity contribution in [3.05, 3.63) is 145 Å². The number of aryl methyl sites for hydroxylation is 8. The van der Waals surface area contributed by atoms with Crippen molar-refractivity contribution in [3.8, 4) is 11.4 Å². The maximum absolute atomic E-state index is 3.80. The third-order valence-electron chi connectivity index (χ3n) is 8.46. The van der Waals surface area contributed by atoms with Gasteiger partial charge in [-0.05, 0) is 120 Å². The number of aromatic nitrogens is 2. The summed E-state index contributed by atoms with van der Waals surface area (Å²) in [5.41, 5.74) is 13.7. The highest BCUT2D eigenvalue weighted by molar-refractivity contribution is 9.10. The summed E-state index contributed by atoms with van der Waals surface area (Å²) >= 11 is 7.60. The fraction of sp³-hybridized carbons (Fsp3) is 0.229. The molecule has 0 saturated heterocycles. The fourth-order valence-electron chi connectivity index (χ4n) is 6.09. The molecule has 2 nitrogen and oxygen atoms in total. The van der Waals surface area contributed by atoms with Crippen LogP contribution in [0, 0.1) is 0 Å². The van der Waals surface area contributed by atoms with Crippen LogP contribution in [0.25, 0.3) is 11.4 Å². The van der Waals surface area contributed by atoms with Gasteiger partial charge in [-0.25, -0.2) is 9.13 Å². The third-order valence-corrected chi connectivity index (χ3v) is 9.94. The van der Waals surface area contributed by atoms with Gasteiger partial charge in [-0.1, -0.05) is 80.4 Å². The maximum Gasteiger partial charge on any atom is 0.254 e. The first-order valence-electron chi connectivity index (χ1n) is 14.0. The summed E-state index contributed by atoms with van der Waals surface area (Å²) in [6.45, 7) is 0. The van der Waals surface area contributed by atoms with Crippen LogP contribution >= 0.6 is 31.9 Å². The normalized spacial score (nSPS) is 14.6. The fourth-order valence-corrected chi connectivity index (χ4v) is 7.34. The molecule has 39 heavy (non-hydrogen) atoms. The van der Waals surface area contributed by atoms with Gasteiger partial charge >= 0.3 is 0 Å². The summed E-state index contributed by atoms with van der Waals surface area (Å²) in [7, 11) is 0. The first-order valence-corrected chi connectivity index (χ1v) is 15.6.